The van der Waals surface area contributed by atoms with E-state index < -0.39 is 26.8 Å². The maximum absolute atomic E-state index is 11.1. The molecule has 1 aliphatic rings. The fourth-order valence-electron chi connectivity index (χ4n) is 1.38. The van der Waals surface area contributed by atoms with Crippen molar-refractivity contribution in [3.8, 4) is 0 Å². The molecular formula is C9H9N7O4S. The van der Waals surface area contributed by atoms with E-state index in [4.69, 9.17) is 11.5 Å². The highest BCUT2D eigenvalue weighted by Gasteiger charge is 2.22. The van der Waals surface area contributed by atoms with Crippen LogP contribution < -0.4 is 16.9 Å². The minimum Gasteiger partial charge on any atom is -0.381 e. The van der Waals surface area contributed by atoms with Crippen molar-refractivity contribution in [3.05, 3.63) is 34.4 Å². The Morgan fingerprint density at radius 1 is 1.14 bits per heavy atom. The van der Waals surface area contributed by atoms with Gasteiger partial charge in [-0.2, -0.15) is 13.5 Å². The van der Waals surface area contributed by atoms with Crippen molar-refractivity contribution in [2.24, 2.45) is 25.4 Å². The number of rotatable bonds is 3. The fraction of sp³-hybridized carbons (Fsp3) is 0. The van der Waals surface area contributed by atoms with Crippen LogP contribution in [0.5, 0.6) is 0 Å². The zero-order valence-corrected chi connectivity index (χ0v) is 11.1. The van der Waals surface area contributed by atoms with Crippen LogP contribution in [0.1, 0.15) is 0 Å². The second kappa shape index (κ2) is 5.16. The van der Waals surface area contributed by atoms with E-state index >= 15 is 0 Å². The van der Waals surface area contributed by atoms with E-state index in [9.17, 15) is 18.5 Å². The second-order valence-electron chi connectivity index (χ2n) is 3.78. The van der Waals surface area contributed by atoms with E-state index in [1.165, 1.54) is 24.3 Å². The van der Waals surface area contributed by atoms with Gasteiger partial charge in [-0.25, -0.2) is 0 Å². The number of nitro benzene ring substituents is 1. The van der Waals surface area contributed by atoms with Gasteiger partial charge in [0.1, 0.15) is 0 Å². The highest BCUT2D eigenvalue weighted by Crippen LogP contribution is 2.15. The fourth-order valence-corrected chi connectivity index (χ4v) is 2.09. The predicted molar refractivity (Wildman–Crippen MR) is 76.3 cm³/mol. The first-order valence-electron chi connectivity index (χ1n) is 5.33. The van der Waals surface area contributed by atoms with Crippen molar-refractivity contribution in [3.63, 3.8) is 0 Å². The maximum atomic E-state index is 11.1. The first-order valence-corrected chi connectivity index (χ1v) is 6.73. The minimum absolute atomic E-state index is 0.0842. The molecule has 0 saturated carbocycles. The summed E-state index contributed by atoms with van der Waals surface area (Å²) in [5.74, 6) is -0.811. The van der Waals surface area contributed by atoms with E-state index in [0.29, 0.717) is 5.69 Å². The molecule has 0 radical (unpaired) electrons. The van der Waals surface area contributed by atoms with Crippen molar-refractivity contribution in [1.29, 1.82) is 0 Å². The lowest BCUT2D eigenvalue weighted by Crippen LogP contribution is -2.40. The van der Waals surface area contributed by atoms with Gasteiger partial charge in [-0.3, -0.25) is 15.5 Å². The molecule has 5 N–H and O–H groups in total. The number of non-ortho nitro benzene ring substituents is 1. The van der Waals surface area contributed by atoms with Crippen molar-refractivity contribution in [2.45, 2.75) is 0 Å². The van der Waals surface area contributed by atoms with Gasteiger partial charge in [0.2, 0.25) is 0 Å². The first-order chi connectivity index (χ1) is 9.78. The van der Waals surface area contributed by atoms with Crippen molar-refractivity contribution in [2.75, 3.05) is 5.43 Å². The van der Waals surface area contributed by atoms with Gasteiger partial charge in [0.15, 0.2) is 17.4 Å². The van der Waals surface area contributed by atoms with E-state index in [2.05, 4.69) is 19.3 Å². The summed E-state index contributed by atoms with van der Waals surface area (Å²) >= 11 is 0. The lowest BCUT2D eigenvalue weighted by atomic mass is 10.3. The van der Waals surface area contributed by atoms with Gasteiger partial charge in [-0.15, -0.1) is 8.80 Å². The zero-order valence-electron chi connectivity index (χ0n) is 10.3. The summed E-state index contributed by atoms with van der Waals surface area (Å²) in [6, 6.07) is 5.34. The third-order valence-corrected chi connectivity index (χ3v) is 3.14. The molecular weight excluding hydrogens is 302 g/mol. The summed E-state index contributed by atoms with van der Waals surface area (Å²) in [5.41, 5.74) is 13.5. The Morgan fingerprint density at radius 3 is 2.14 bits per heavy atom. The summed E-state index contributed by atoms with van der Waals surface area (Å²) in [7, 11) is -4.07. The second-order valence-corrected chi connectivity index (χ2v) is 5.04. The number of hydrogen-bond acceptors (Lipinski definition) is 8. The van der Waals surface area contributed by atoms with Crippen molar-refractivity contribution < 1.29 is 13.3 Å². The third-order valence-electron chi connectivity index (χ3n) is 2.29. The Balaban J connectivity index is 2.22. The van der Waals surface area contributed by atoms with Crippen LogP contribution in [0.4, 0.5) is 11.4 Å². The van der Waals surface area contributed by atoms with Crippen LogP contribution in [0.3, 0.4) is 0 Å². The number of nitro groups is 1. The standard InChI is InChI=1S/C9H9N7O4S/c10-8-7(9(11)15-21(19,20)14-8)13-12-5-1-3-6(4-2-5)16(17)18/h1-4,12H,(H2,10,14)(H2,11,15). The van der Waals surface area contributed by atoms with E-state index in [1.54, 1.807) is 0 Å². The number of hydrazone groups is 1. The molecule has 0 aliphatic carbocycles. The smallest absolute Gasteiger partial charge is 0.367 e. The molecule has 110 valence electrons. The summed E-state index contributed by atoms with van der Waals surface area (Å²) < 4.78 is 28.5. The SMILES string of the molecule is NC1=NS(=O)(=O)N=C(N)C1=NNc1ccc([N+](=O)[O-])cc1. The van der Waals surface area contributed by atoms with E-state index in [0.717, 1.165) is 0 Å². The van der Waals surface area contributed by atoms with Gasteiger partial charge in [0.05, 0.1) is 10.6 Å². The lowest BCUT2D eigenvalue weighted by molar-refractivity contribution is -0.384. The Labute approximate surface area is 118 Å². The molecule has 1 aromatic rings. The Bertz CT molecular complexity index is 751. The third kappa shape index (κ3) is 3.30. The average Bonchev–Trinajstić information content (AvgIpc) is 2.36. The van der Waals surface area contributed by atoms with Crippen LogP contribution in [0.15, 0.2) is 38.2 Å². The highest BCUT2D eigenvalue weighted by atomic mass is 32.2. The summed E-state index contributed by atoms with van der Waals surface area (Å²) in [6.45, 7) is 0. The number of nitrogens with one attached hydrogen (secondary N) is 1. The van der Waals surface area contributed by atoms with E-state index in [-0.39, 0.29) is 11.4 Å². The number of nitrogens with zero attached hydrogens (tertiary/aromatic N) is 4. The molecule has 0 fully saturated rings. The van der Waals surface area contributed by atoms with Gasteiger partial charge in [-0.1, -0.05) is 0 Å². The molecule has 0 amide bonds. The van der Waals surface area contributed by atoms with Gasteiger partial charge < -0.3 is 11.5 Å². The topological polar surface area (TPSA) is 178 Å². The summed E-state index contributed by atoms with van der Waals surface area (Å²) in [4.78, 5) is 9.96. The molecule has 21 heavy (non-hydrogen) atoms. The van der Waals surface area contributed by atoms with Gasteiger partial charge >= 0.3 is 10.2 Å². The number of benzene rings is 1. The number of anilines is 1. The lowest BCUT2D eigenvalue weighted by Gasteiger charge is -2.09. The normalized spacial score (nSPS) is 16.7. The molecule has 0 aromatic heterocycles. The minimum atomic E-state index is -4.07. The van der Waals surface area contributed by atoms with Crippen LogP contribution in [0.2, 0.25) is 0 Å². The number of amidine groups is 2. The summed E-state index contributed by atoms with van der Waals surface area (Å²) in [6.07, 6.45) is 0. The molecule has 0 saturated heterocycles. The van der Waals surface area contributed by atoms with Crippen molar-refractivity contribution in [1.82, 2.24) is 0 Å². The van der Waals surface area contributed by atoms with Gasteiger partial charge in [0, 0.05) is 12.1 Å². The molecule has 0 bridgehead atoms. The van der Waals surface area contributed by atoms with Crippen LogP contribution >= 0.6 is 0 Å². The molecule has 1 aliphatic heterocycles. The molecule has 0 spiro atoms. The van der Waals surface area contributed by atoms with Crippen LogP contribution in [-0.2, 0) is 10.2 Å². The Kier molecular flexibility index (Phi) is 3.54. The molecule has 12 heteroatoms. The molecule has 1 aromatic carbocycles. The number of nitrogens with two attached hydrogens (primary N) is 2. The van der Waals surface area contributed by atoms with Gasteiger partial charge in [0.25, 0.3) is 5.69 Å². The Hall–Kier alpha value is -3.02. The molecule has 0 unspecified atom stereocenters. The molecule has 2 rings (SSSR count). The van der Waals surface area contributed by atoms with E-state index in [1.807, 2.05) is 0 Å². The van der Waals surface area contributed by atoms with Crippen LogP contribution in [0, 0.1) is 10.1 Å². The number of hydrogen-bond donors (Lipinski definition) is 3. The largest absolute Gasteiger partial charge is 0.381 e. The monoisotopic (exact) mass is 311 g/mol. The van der Waals surface area contributed by atoms with Crippen LogP contribution in [0.25, 0.3) is 0 Å². The zero-order chi connectivity index (χ0) is 15.6. The highest BCUT2D eigenvalue weighted by molar-refractivity contribution is 7.89. The Morgan fingerprint density at radius 2 is 1.67 bits per heavy atom. The maximum Gasteiger partial charge on any atom is 0.367 e. The molecule has 0 atom stereocenters. The molecule has 11 nitrogen and oxygen atoms in total. The van der Waals surface area contributed by atoms with Crippen LogP contribution in [-0.4, -0.2) is 30.7 Å². The predicted octanol–water partition coefficient (Wildman–Crippen LogP) is -0.664. The molecule has 1 heterocycles. The average molecular weight is 311 g/mol. The van der Waals surface area contributed by atoms with Gasteiger partial charge in [-0.05, 0) is 12.1 Å². The first kappa shape index (κ1) is 14.4. The quantitative estimate of drug-likeness (QED) is 0.489. The van der Waals surface area contributed by atoms with Crippen molar-refractivity contribution >= 4 is 39.0 Å². The summed E-state index contributed by atoms with van der Waals surface area (Å²) in [5, 5.41) is 14.3.